The summed E-state index contributed by atoms with van der Waals surface area (Å²) >= 11 is 0. The Bertz CT molecular complexity index is 1830. The topological polar surface area (TPSA) is 104 Å². The Balaban J connectivity index is 0.000000157. The van der Waals surface area contributed by atoms with Gasteiger partial charge in [-0.3, -0.25) is 0 Å². The van der Waals surface area contributed by atoms with E-state index in [1.54, 1.807) is 0 Å². The van der Waals surface area contributed by atoms with Crippen molar-refractivity contribution in [3.8, 4) is 11.1 Å². The first-order chi connectivity index (χ1) is 20.0. The Hall–Kier alpha value is -4.46. The maximum atomic E-state index is 5.87. The predicted molar refractivity (Wildman–Crippen MR) is 165 cm³/mol. The number of benzene rings is 3. The smallest absolute Gasteiger partial charge is 0.198 e. The van der Waals surface area contributed by atoms with Gasteiger partial charge in [0.1, 0.15) is 22.1 Å². The second-order valence-electron chi connectivity index (χ2n) is 12.0. The van der Waals surface area contributed by atoms with E-state index in [4.69, 9.17) is 17.7 Å². The first kappa shape index (κ1) is 27.7. The van der Waals surface area contributed by atoms with E-state index < -0.39 is 0 Å². The maximum absolute atomic E-state index is 5.87. The third-order valence-electron chi connectivity index (χ3n) is 7.05. The van der Waals surface area contributed by atoms with Crippen molar-refractivity contribution in [2.24, 2.45) is 0 Å². The van der Waals surface area contributed by atoms with Gasteiger partial charge in [0.05, 0.1) is 0 Å². The molecule has 216 valence electrons. The molecule has 4 aromatic heterocycles. The second kappa shape index (κ2) is 10.7. The lowest BCUT2D eigenvalue weighted by molar-refractivity contribution is 0.501. The molecule has 42 heavy (non-hydrogen) atoms. The molecule has 0 aliphatic carbocycles. The number of hydrogen-bond acceptors (Lipinski definition) is 8. The summed E-state index contributed by atoms with van der Waals surface area (Å²) < 4.78 is 23.1. The van der Waals surface area contributed by atoms with E-state index in [9.17, 15) is 0 Å². The highest BCUT2D eigenvalue weighted by atomic mass is 16.4. The fraction of sp³-hybridized carbons (Fsp3) is 0.353. The number of fused-ring (bicyclic) bond motifs is 4. The van der Waals surface area contributed by atoms with Gasteiger partial charge in [0.25, 0.3) is 0 Å². The van der Waals surface area contributed by atoms with Gasteiger partial charge in [-0.25, -0.2) is 19.9 Å². The van der Waals surface area contributed by atoms with Crippen LogP contribution in [0.2, 0.25) is 0 Å². The van der Waals surface area contributed by atoms with Gasteiger partial charge in [0, 0.05) is 35.8 Å². The van der Waals surface area contributed by atoms with Crippen molar-refractivity contribution in [3.63, 3.8) is 0 Å². The van der Waals surface area contributed by atoms with Crippen molar-refractivity contribution in [1.29, 1.82) is 0 Å². The minimum Gasteiger partial charge on any atom is -0.440 e. The molecule has 0 aliphatic rings. The van der Waals surface area contributed by atoms with Crippen molar-refractivity contribution < 1.29 is 17.7 Å². The van der Waals surface area contributed by atoms with E-state index in [0.717, 1.165) is 79.1 Å². The Morgan fingerprint density at radius 1 is 0.381 bits per heavy atom. The van der Waals surface area contributed by atoms with Crippen LogP contribution in [-0.4, -0.2) is 19.9 Å². The zero-order chi connectivity index (χ0) is 29.7. The van der Waals surface area contributed by atoms with Gasteiger partial charge in [-0.05, 0) is 35.4 Å². The molecule has 0 unspecified atom stereocenters. The summed E-state index contributed by atoms with van der Waals surface area (Å²) in [5, 5.41) is 0. The molecule has 4 heterocycles. The Morgan fingerprint density at radius 2 is 0.738 bits per heavy atom. The van der Waals surface area contributed by atoms with Crippen molar-refractivity contribution in [1.82, 2.24) is 19.9 Å². The van der Waals surface area contributed by atoms with E-state index in [0.29, 0.717) is 0 Å². The van der Waals surface area contributed by atoms with E-state index >= 15 is 0 Å². The van der Waals surface area contributed by atoms with Gasteiger partial charge in [-0.15, -0.1) is 0 Å². The first-order valence-electron chi connectivity index (χ1n) is 14.6. The zero-order valence-electron chi connectivity index (χ0n) is 25.4. The molecule has 3 aromatic carbocycles. The molecule has 0 bridgehead atoms. The SMILES string of the molecule is CC(C)c1nc2cc(-c3ccc4nc(C(C)C)oc4c3)ccc2o1.CC(C)c1nc2cc3oc(C(C)C)nc3cc2o1. The average Bonchev–Trinajstić information content (AvgIpc) is 3.74. The molecule has 8 nitrogen and oxygen atoms in total. The molecule has 0 spiro atoms. The van der Waals surface area contributed by atoms with E-state index in [-0.39, 0.29) is 23.7 Å². The highest BCUT2D eigenvalue weighted by molar-refractivity contribution is 5.89. The van der Waals surface area contributed by atoms with Crippen LogP contribution in [0.15, 0.2) is 66.2 Å². The van der Waals surface area contributed by atoms with Crippen molar-refractivity contribution in [2.75, 3.05) is 0 Å². The van der Waals surface area contributed by atoms with Crippen LogP contribution in [0, 0.1) is 0 Å². The molecule has 0 aliphatic heterocycles. The van der Waals surface area contributed by atoms with E-state index in [1.165, 1.54) is 0 Å². The number of hydrogen-bond donors (Lipinski definition) is 0. The number of nitrogens with zero attached hydrogens (tertiary/aromatic N) is 4. The van der Waals surface area contributed by atoms with Gasteiger partial charge in [-0.1, -0.05) is 67.5 Å². The van der Waals surface area contributed by atoms with Gasteiger partial charge < -0.3 is 17.7 Å². The lowest BCUT2D eigenvalue weighted by Crippen LogP contribution is -1.84. The highest BCUT2D eigenvalue weighted by Crippen LogP contribution is 2.31. The molecular formula is C34H36N4O4. The second-order valence-corrected chi connectivity index (χ2v) is 12.0. The molecular weight excluding hydrogens is 528 g/mol. The summed E-state index contributed by atoms with van der Waals surface area (Å²) in [6.45, 7) is 16.6. The lowest BCUT2D eigenvalue weighted by atomic mass is 10.0. The van der Waals surface area contributed by atoms with Crippen molar-refractivity contribution in [3.05, 3.63) is 72.1 Å². The Labute approximate surface area is 244 Å². The molecule has 7 aromatic rings. The summed E-state index contributed by atoms with van der Waals surface area (Å²) in [5.74, 6) is 4.17. The van der Waals surface area contributed by atoms with Crippen LogP contribution in [0.5, 0.6) is 0 Å². The molecule has 0 atom stereocenters. The molecule has 0 saturated carbocycles. The van der Waals surface area contributed by atoms with Gasteiger partial charge in [-0.2, -0.15) is 0 Å². The van der Waals surface area contributed by atoms with Gasteiger partial charge in [0.2, 0.25) is 0 Å². The molecule has 0 radical (unpaired) electrons. The van der Waals surface area contributed by atoms with Crippen LogP contribution in [0.4, 0.5) is 0 Å². The predicted octanol–water partition coefficient (Wildman–Crippen LogP) is 10.1. The van der Waals surface area contributed by atoms with E-state index in [2.05, 4.69) is 93.5 Å². The normalized spacial score (nSPS) is 12.2. The van der Waals surface area contributed by atoms with Crippen LogP contribution in [0.25, 0.3) is 55.5 Å². The standard InChI is InChI=1S/C20H20N2O2.C14H16N2O2/c1-11(2)19-21-15-7-5-14(10-18(15)24-19)13-6-8-17-16(9-13)22-20(23-17)12(3)4;1-7(2)13-15-9-5-12-10(6-11(9)17-13)16-14(18-12)8(3)4/h5-12H,1-4H3;5-8H,1-4H3. The summed E-state index contributed by atoms with van der Waals surface area (Å²) in [4.78, 5) is 18.0. The summed E-state index contributed by atoms with van der Waals surface area (Å²) in [5.41, 5.74) is 8.81. The lowest BCUT2D eigenvalue weighted by Gasteiger charge is -2.00. The van der Waals surface area contributed by atoms with Crippen LogP contribution in [-0.2, 0) is 0 Å². The number of rotatable bonds is 5. The molecule has 0 N–H and O–H groups in total. The molecule has 8 heteroatoms. The zero-order valence-corrected chi connectivity index (χ0v) is 25.4. The largest absolute Gasteiger partial charge is 0.440 e. The monoisotopic (exact) mass is 564 g/mol. The van der Waals surface area contributed by atoms with Crippen LogP contribution < -0.4 is 0 Å². The van der Waals surface area contributed by atoms with Gasteiger partial charge in [0.15, 0.2) is 45.9 Å². The molecule has 0 saturated heterocycles. The maximum Gasteiger partial charge on any atom is 0.198 e. The first-order valence-corrected chi connectivity index (χ1v) is 14.6. The van der Waals surface area contributed by atoms with E-state index in [1.807, 2.05) is 30.3 Å². The van der Waals surface area contributed by atoms with Crippen LogP contribution in [0.3, 0.4) is 0 Å². The number of aromatic nitrogens is 4. The fourth-order valence-electron chi connectivity index (χ4n) is 4.62. The molecule has 0 amide bonds. The summed E-state index contributed by atoms with van der Waals surface area (Å²) in [7, 11) is 0. The van der Waals surface area contributed by atoms with Gasteiger partial charge >= 0.3 is 0 Å². The van der Waals surface area contributed by atoms with Crippen LogP contribution >= 0.6 is 0 Å². The average molecular weight is 565 g/mol. The third kappa shape index (κ3) is 5.29. The Morgan fingerprint density at radius 3 is 1.21 bits per heavy atom. The van der Waals surface area contributed by atoms with Crippen molar-refractivity contribution in [2.45, 2.75) is 79.1 Å². The number of oxazole rings is 4. The molecule has 7 rings (SSSR count). The Kier molecular flexibility index (Phi) is 7.09. The summed E-state index contributed by atoms with van der Waals surface area (Å²) in [6.07, 6.45) is 0. The van der Waals surface area contributed by atoms with Crippen molar-refractivity contribution >= 4 is 44.4 Å². The third-order valence-corrected chi connectivity index (χ3v) is 7.05. The quantitative estimate of drug-likeness (QED) is 0.203. The minimum absolute atomic E-state index is 0.279. The summed E-state index contributed by atoms with van der Waals surface area (Å²) in [6, 6.07) is 16.0. The van der Waals surface area contributed by atoms with Crippen LogP contribution in [0.1, 0.15) is 103 Å². The highest BCUT2D eigenvalue weighted by Gasteiger charge is 2.15. The fourth-order valence-corrected chi connectivity index (χ4v) is 4.62. The molecule has 0 fully saturated rings. The minimum atomic E-state index is 0.279.